The maximum Gasteiger partial charge on any atom is 0.405 e. The summed E-state index contributed by atoms with van der Waals surface area (Å²) in [6, 6.07) is 5.24. The Bertz CT molecular complexity index is 604. The van der Waals surface area contributed by atoms with Crippen molar-refractivity contribution in [2.45, 2.75) is 12.6 Å². The number of alkyl halides is 3. The number of rotatable bonds is 4. The van der Waals surface area contributed by atoms with Gasteiger partial charge in [0.25, 0.3) is 5.91 Å². The summed E-state index contributed by atoms with van der Waals surface area (Å²) in [6.07, 6.45) is -3.84. The molecule has 0 radical (unpaired) electrons. The van der Waals surface area contributed by atoms with Crippen LogP contribution < -0.4 is 5.32 Å². The second kappa shape index (κ2) is 8.28. The lowest BCUT2D eigenvalue weighted by atomic mass is 10.2. The average molecular weight is 361 g/mol. The number of benzene rings is 1. The summed E-state index contributed by atoms with van der Waals surface area (Å²) in [5.74, 6) is -1.36. The van der Waals surface area contributed by atoms with Crippen molar-refractivity contribution in [1.82, 2.24) is 15.1 Å². The molecule has 1 heterocycles. The lowest BCUT2D eigenvalue weighted by Gasteiger charge is -2.22. The fraction of sp³-hybridized carbons (Fsp3) is 0.500. The first kappa shape index (κ1) is 19.2. The predicted octanol–water partition coefficient (Wildman–Crippen LogP) is 1.65. The van der Waals surface area contributed by atoms with Gasteiger partial charge in [0, 0.05) is 31.7 Å². The van der Waals surface area contributed by atoms with E-state index in [4.69, 9.17) is 0 Å². The summed E-state index contributed by atoms with van der Waals surface area (Å²) in [4.78, 5) is 27.3. The third kappa shape index (κ3) is 6.33. The molecule has 1 aromatic carbocycles. The van der Waals surface area contributed by atoms with Crippen molar-refractivity contribution < 1.29 is 27.2 Å². The SMILES string of the molecule is O=C(CN1CCCN(C(=O)c2ccc(F)cc2)CC1)NCC(F)(F)F. The van der Waals surface area contributed by atoms with E-state index >= 15 is 0 Å². The van der Waals surface area contributed by atoms with Crippen molar-refractivity contribution in [2.75, 3.05) is 39.3 Å². The highest BCUT2D eigenvalue weighted by molar-refractivity contribution is 5.94. The van der Waals surface area contributed by atoms with Crippen LogP contribution >= 0.6 is 0 Å². The molecule has 0 spiro atoms. The molecule has 0 atom stereocenters. The Morgan fingerprint density at radius 1 is 1.04 bits per heavy atom. The highest BCUT2D eigenvalue weighted by atomic mass is 19.4. The summed E-state index contributed by atoms with van der Waals surface area (Å²) in [6.45, 7) is 0.210. The largest absolute Gasteiger partial charge is 0.405 e. The molecule has 0 aliphatic carbocycles. The summed E-state index contributed by atoms with van der Waals surface area (Å²) in [5.41, 5.74) is 0.373. The standard InChI is InChI=1S/C16H19F4N3O2/c17-13-4-2-12(3-5-13)15(25)23-7-1-6-22(8-9-23)10-14(24)21-11-16(18,19)20/h2-5H,1,6-11H2,(H,21,24). The van der Waals surface area contributed by atoms with E-state index in [0.29, 0.717) is 38.2 Å². The van der Waals surface area contributed by atoms with E-state index in [0.717, 1.165) is 0 Å². The number of nitrogens with zero attached hydrogens (tertiary/aromatic N) is 2. The molecule has 1 aliphatic rings. The van der Waals surface area contributed by atoms with Crippen LogP contribution in [0.5, 0.6) is 0 Å². The van der Waals surface area contributed by atoms with E-state index in [1.807, 2.05) is 5.32 Å². The Labute approximate surface area is 142 Å². The van der Waals surface area contributed by atoms with Crippen LogP contribution in [-0.4, -0.2) is 67.1 Å². The van der Waals surface area contributed by atoms with Gasteiger partial charge in [0.05, 0.1) is 6.54 Å². The fourth-order valence-electron chi connectivity index (χ4n) is 2.56. The van der Waals surface area contributed by atoms with Crippen molar-refractivity contribution in [3.8, 4) is 0 Å². The Hall–Kier alpha value is -2.16. The minimum Gasteiger partial charge on any atom is -0.346 e. The number of carbonyl (C=O) groups excluding carboxylic acids is 2. The number of hydrogen-bond acceptors (Lipinski definition) is 3. The van der Waals surface area contributed by atoms with E-state index in [9.17, 15) is 27.2 Å². The molecule has 9 heteroatoms. The smallest absolute Gasteiger partial charge is 0.346 e. The van der Waals surface area contributed by atoms with Crippen molar-refractivity contribution in [3.63, 3.8) is 0 Å². The van der Waals surface area contributed by atoms with Crippen LogP contribution in [0.25, 0.3) is 0 Å². The Morgan fingerprint density at radius 3 is 2.36 bits per heavy atom. The lowest BCUT2D eigenvalue weighted by molar-refractivity contribution is -0.139. The molecule has 1 aromatic rings. The molecule has 1 N–H and O–H groups in total. The Kier molecular flexibility index (Phi) is 6.35. The van der Waals surface area contributed by atoms with Crippen LogP contribution in [0.1, 0.15) is 16.8 Å². The first-order valence-corrected chi connectivity index (χ1v) is 7.85. The van der Waals surface area contributed by atoms with Gasteiger partial charge in [-0.15, -0.1) is 0 Å². The summed E-state index contributed by atoms with van der Waals surface area (Å²) in [7, 11) is 0. The van der Waals surface area contributed by atoms with Gasteiger partial charge in [-0.05, 0) is 30.7 Å². The molecule has 1 fully saturated rings. The van der Waals surface area contributed by atoms with Crippen LogP contribution in [-0.2, 0) is 4.79 Å². The number of nitrogens with one attached hydrogen (secondary N) is 1. The second-order valence-corrected chi connectivity index (χ2v) is 5.82. The molecule has 1 aliphatic heterocycles. The maximum atomic E-state index is 12.9. The topological polar surface area (TPSA) is 52.7 Å². The van der Waals surface area contributed by atoms with Crippen molar-refractivity contribution in [1.29, 1.82) is 0 Å². The summed E-state index contributed by atoms with van der Waals surface area (Å²) >= 11 is 0. The van der Waals surface area contributed by atoms with Gasteiger partial charge in [0.2, 0.25) is 5.91 Å². The first-order chi connectivity index (χ1) is 11.7. The van der Waals surface area contributed by atoms with E-state index in [-0.39, 0.29) is 12.5 Å². The Morgan fingerprint density at radius 2 is 1.72 bits per heavy atom. The first-order valence-electron chi connectivity index (χ1n) is 7.85. The molecular weight excluding hydrogens is 342 g/mol. The minimum atomic E-state index is -4.44. The number of amides is 2. The molecule has 25 heavy (non-hydrogen) atoms. The molecule has 1 saturated heterocycles. The molecular formula is C16H19F4N3O2. The van der Waals surface area contributed by atoms with E-state index in [1.165, 1.54) is 24.3 Å². The highest BCUT2D eigenvalue weighted by Gasteiger charge is 2.28. The van der Waals surface area contributed by atoms with Gasteiger partial charge >= 0.3 is 6.18 Å². The highest BCUT2D eigenvalue weighted by Crippen LogP contribution is 2.13. The maximum absolute atomic E-state index is 12.9. The molecule has 0 unspecified atom stereocenters. The third-order valence-electron chi connectivity index (χ3n) is 3.82. The van der Waals surface area contributed by atoms with Crippen LogP contribution in [0.4, 0.5) is 17.6 Å². The Balaban J connectivity index is 1.84. The van der Waals surface area contributed by atoms with Crippen molar-refractivity contribution >= 4 is 11.8 Å². The molecule has 0 aromatic heterocycles. The summed E-state index contributed by atoms with van der Waals surface area (Å²) < 4.78 is 49.2. The zero-order valence-electron chi connectivity index (χ0n) is 13.5. The second-order valence-electron chi connectivity index (χ2n) is 5.82. The van der Waals surface area contributed by atoms with Gasteiger partial charge in [-0.2, -0.15) is 13.2 Å². The zero-order valence-corrected chi connectivity index (χ0v) is 13.5. The lowest BCUT2D eigenvalue weighted by Crippen LogP contribution is -2.42. The van der Waals surface area contributed by atoms with Gasteiger partial charge in [-0.3, -0.25) is 14.5 Å². The molecule has 5 nitrogen and oxygen atoms in total. The molecule has 2 rings (SSSR count). The van der Waals surface area contributed by atoms with Crippen molar-refractivity contribution in [3.05, 3.63) is 35.6 Å². The molecule has 0 saturated carbocycles. The monoisotopic (exact) mass is 361 g/mol. The molecule has 2 amide bonds. The van der Waals surface area contributed by atoms with Gasteiger partial charge in [-0.25, -0.2) is 4.39 Å². The number of halogens is 4. The van der Waals surface area contributed by atoms with Gasteiger partial charge in [-0.1, -0.05) is 0 Å². The van der Waals surface area contributed by atoms with Gasteiger partial charge < -0.3 is 10.2 Å². The van der Waals surface area contributed by atoms with Crippen LogP contribution in [0.3, 0.4) is 0 Å². The van der Waals surface area contributed by atoms with Crippen molar-refractivity contribution in [2.24, 2.45) is 0 Å². The van der Waals surface area contributed by atoms with Crippen LogP contribution in [0, 0.1) is 5.82 Å². The summed E-state index contributed by atoms with van der Waals surface area (Å²) in [5, 5.41) is 1.83. The van der Waals surface area contributed by atoms with E-state index in [1.54, 1.807) is 9.80 Å². The number of carbonyl (C=O) groups is 2. The van der Waals surface area contributed by atoms with E-state index < -0.39 is 24.4 Å². The average Bonchev–Trinajstić information content (AvgIpc) is 2.78. The van der Waals surface area contributed by atoms with Gasteiger partial charge in [0.1, 0.15) is 12.4 Å². The predicted molar refractivity (Wildman–Crippen MR) is 82.4 cm³/mol. The number of hydrogen-bond donors (Lipinski definition) is 1. The zero-order chi connectivity index (χ0) is 18.4. The van der Waals surface area contributed by atoms with Gasteiger partial charge in [0.15, 0.2) is 0 Å². The normalized spacial score (nSPS) is 16.4. The quantitative estimate of drug-likeness (QED) is 0.830. The van der Waals surface area contributed by atoms with Crippen LogP contribution in [0.2, 0.25) is 0 Å². The third-order valence-corrected chi connectivity index (χ3v) is 3.82. The van der Waals surface area contributed by atoms with Crippen LogP contribution in [0.15, 0.2) is 24.3 Å². The minimum absolute atomic E-state index is 0.144. The molecule has 138 valence electrons. The molecule has 0 bridgehead atoms. The fourth-order valence-corrected chi connectivity index (χ4v) is 2.56. The van der Waals surface area contributed by atoms with E-state index in [2.05, 4.69) is 0 Å².